The van der Waals surface area contributed by atoms with Gasteiger partial charge in [-0.1, -0.05) is 36.5 Å². The number of carbonyl (C=O) groups excluding carboxylic acids is 1. The summed E-state index contributed by atoms with van der Waals surface area (Å²) < 4.78 is 24.2. The van der Waals surface area contributed by atoms with E-state index in [0.717, 1.165) is 28.5 Å². The predicted octanol–water partition coefficient (Wildman–Crippen LogP) is 3.02. The van der Waals surface area contributed by atoms with Crippen LogP contribution < -0.4 is 10.9 Å². The number of hydrazine groups is 1. The summed E-state index contributed by atoms with van der Waals surface area (Å²) in [6.07, 6.45) is 1.99. The minimum Gasteiger partial charge on any atom is -0.273 e. The van der Waals surface area contributed by atoms with Crippen LogP contribution in [-0.4, -0.2) is 25.6 Å². The molecule has 0 saturated carbocycles. The molecule has 0 unspecified atom stereocenters. The van der Waals surface area contributed by atoms with E-state index in [0.29, 0.717) is 5.13 Å². The zero-order chi connectivity index (χ0) is 18.0. The second-order valence-electron chi connectivity index (χ2n) is 5.52. The van der Waals surface area contributed by atoms with Gasteiger partial charge in [-0.05, 0) is 36.2 Å². The topological polar surface area (TPSA) is 88.2 Å². The number of thiazole rings is 1. The number of amides is 1. The summed E-state index contributed by atoms with van der Waals surface area (Å²) in [5.74, 6) is -0.430. The molecule has 8 heteroatoms. The normalized spacial score (nSPS) is 11.4. The second kappa shape index (κ2) is 6.81. The molecular weight excluding hydrogens is 358 g/mol. The highest BCUT2D eigenvalue weighted by Gasteiger charge is 2.12. The molecule has 0 radical (unpaired) electrons. The molecule has 1 heterocycles. The number of sulfone groups is 1. The standard InChI is InChI=1S/C17H17N3O3S2/c1-3-11-6-5-9-14-15(11)18-17(24-14)20-19-16(21)12-7-4-8-13(10-12)25(2,22)23/h4-10H,3H2,1-2H3,(H,18,20)(H,19,21). The Morgan fingerprint density at radius 1 is 1.20 bits per heavy atom. The van der Waals surface area contributed by atoms with Gasteiger partial charge in [0.25, 0.3) is 5.91 Å². The molecule has 0 bridgehead atoms. The van der Waals surface area contributed by atoms with Crippen LogP contribution in [0.3, 0.4) is 0 Å². The van der Waals surface area contributed by atoms with Crippen LogP contribution in [0.25, 0.3) is 10.2 Å². The van der Waals surface area contributed by atoms with Crippen molar-refractivity contribution in [3.63, 3.8) is 0 Å². The van der Waals surface area contributed by atoms with Crippen LogP contribution in [0.5, 0.6) is 0 Å². The van der Waals surface area contributed by atoms with Gasteiger partial charge in [-0.15, -0.1) is 0 Å². The molecule has 25 heavy (non-hydrogen) atoms. The third-order valence-corrected chi connectivity index (χ3v) is 5.74. The number of aromatic nitrogens is 1. The van der Waals surface area contributed by atoms with Gasteiger partial charge < -0.3 is 0 Å². The van der Waals surface area contributed by atoms with Crippen molar-refractivity contribution >= 4 is 42.4 Å². The van der Waals surface area contributed by atoms with Crippen LogP contribution in [-0.2, 0) is 16.3 Å². The number of carbonyl (C=O) groups is 1. The Balaban J connectivity index is 1.77. The van der Waals surface area contributed by atoms with Gasteiger partial charge in [-0.2, -0.15) is 0 Å². The lowest BCUT2D eigenvalue weighted by Gasteiger charge is -2.06. The van der Waals surface area contributed by atoms with Gasteiger partial charge in [0.05, 0.1) is 15.1 Å². The van der Waals surface area contributed by atoms with Crippen LogP contribution in [0.4, 0.5) is 5.13 Å². The Morgan fingerprint density at radius 3 is 2.68 bits per heavy atom. The lowest BCUT2D eigenvalue weighted by molar-refractivity contribution is 0.0962. The molecule has 6 nitrogen and oxygen atoms in total. The number of para-hydroxylation sites is 1. The number of aryl methyl sites for hydroxylation is 1. The van der Waals surface area contributed by atoms with Gasteiger partial charge in [0.15, 0.2) is 9.84 Å². The first-order chi connectivity index (χ1) is 11.9. The van der Waals surface area contributed by atoms with Gasteiger partial charge in [-0.25, -0.2) is 13.4 Å². The van der Waals surface area contributed by atoms with E-state index >= 15 is 0 Å². The van der Waals surface area contributed by atoms with Crippen molar-refractivity contribution in [3.05, 3.63) is 53.6 Å². The molecule has 130 valence electrons. The Morgan fingerprint density at radius 2 is 1.96 bits per heavy atom. The summed E-state index contributed by atoms with van der Waals surface area (Å²) in [7, 11) is -3.36. The minimum absolute atomic E-state index is 0.104. The van der Waals surface area contributed by atoms with Crippen LogP contribution in [0.1, 0.15) is 22.8 Å². The predicted molar refractivity (Wildman–Crippen MR) is 99.6 cm³/mol. The van der Waals surface area contributed by atoms with Crippen molar-refractivity contribution in [1.29, 1.82) is 0 Å². The average molecular weight is 375 g/mol. The average Bonchev–Trinajstić information content (AvgIpc) is 3.02. The van der Waals surface area contributed by atoms with E-state index < -0.39 is 15.7 Å². The molecule has 0 spiro atoms. The number of fused-ring (bicyclic) bond motifs is 1. The van der Waals surface area contributed by atoms with Crippen molar-refractivity contribution in [2.45, 2.75) is 18.2 Å². The van der Waals surface area contributed by atoms with Gasteiger partial charge in [0.2, 0.25) is 5.13 Å². The molecule has 0 aliphatic carbocycles. The number of nitrogens with zero attached hydrogens (tertiary/aromatic N) is 1. The van der Waals surface area contributed by atoms with E-state index in [9.17, 15) is 13.2 Å². The number of anilines is 1. The first-order valence-corrected chi connectivity index (χ1v) is 10.3. The lowest BCUT2D eigenvalue weighted by Crippen LogP contribution is -2.29. The second-order valence-corrected chi connectivity index (χ2v) is 8.56. The summed E-state index contributed by atoms with van der Waals surface area (Å²) >= 11 is 1.44. The molecule has 0 aliphatic heterocycles. The first-order valence-electron chi connectivity index (χ1n) is 7.63. The molecule has 3 rings (SSSR count). The van der Waals surface area contributed by atoms with Gasteiger partial charge in [0.1, 0.15) is 0 Å². The highest BCUT2D eigenvalue weighted by molar-refractivity contribution is 7.90. The van der Waals surface area contributed by atoms with E-state index in [1.807, 2.05) is 18.2 Å². The van der Waals surface area contributed by atoms with E-state index in [1.54, 1.807) is 6.07 Å². The van der Waals surface area contributed by atoms with Crippen LogP contribution in [0, 0.1) is 0 Å². The van der Waals surface area contributed by atoms with Gasteiger partial charge in [-0.3, -0.25) is 15.6 Å². The molecule has 2 N–H and O–H groups in total. The molecule has 1 amide bonds. The summed E-state index contributed by atoms with van der Waals surface area (Å²) in [4.78, 5) is 16.9. The van der Waals surface area contributed by atoms with E-state index in [2.05, 4.69) is 22.8 Å². The molecular formula is C17H17N3O3S2. The third-order valence-electron chi connectivity index (χ3n) is 3.69. The van der Waals surface area contributed by atoms with E-state index in [4.69, 9.17) is 0 Å². The number of nitrogens with one attached hydrogen (secondary N) is 2. The molecule has 2 aromatic carbocycles. The van der Waals surface area contributed by atoms with Gasteiger partial charge >= 0.3 is 0 Å². The molecule has 1 aromatic heterocycles. The minimum atomic E-state index is -3.36. The maximum Gasteiger partial charge on any atom is 0.269 e. The Labute approximate surface area is 149 Å². The van der Waals surface area contributed by atoms with E-state index in [1.165, 1.54) is 29.5 Å². The van der Waals surface area contributed by atoms with Crippen LogP contribution in [0.2, 0.25) is 0 Å². The number of rotatable bonds is 5. The highest BCUT2D eigenvalue weighted by Crippen LogP contribution is 2.28. The van der Waals surface area contributed by atoms with Crippen molar-refractivity contribution in [1.82, 2.24) is 10.4 Å². The fourth-order valence-corrected chi connectivity index (χ4v) is 3.93. The SMILES string of the molecule is CCc1cccc2sc(NNC(=O)c3cccc(S(C)(=O)=O)c3)nc12. The summed E-state index contributed by atoms with van der Waals surface area (Å²) in [6, 6.07) is 11.9. The zero-order valence-electron chi connectivity index (χ0n) is 13.7. The molecule has 3 aromatic rings. The van der Waals surface area contributed by atoms with Crippen LogP contribution >= 0.6 is 11.3 Å². The van der Waals surface area contributed by atoms with Crippen molar-refractivity contribution in [2.24, 2.45) is 0 Å². The number of benzene rings is 2. The molecule has 0 saturated heterocycles. The van der Waals surface area contributed by atoms with Crippen molar-refractivity contribution < 1.29 is 13.2 Å². The Kier molecular flexibility index (Phi) is 4.73. The fourth-order valence-electron chi connectivity index (χ4n) is 2.39. The fraction of sp³-hybridized carbons (Fsp3) is 0.176. The number of hydrogen-bond donors (Lipinski definition) is 2. The molecule has 0 aliphatic rings. The van der Waals surface area contributed by atoms with Crippen molar-refractivity contribution in [3.8, 4) is 0 Å². The summed E-state index contributed by atoms with van der Waals surface area (Å²) in [5.41, 5.74) is 7.68. The molecule has 0 fully saturated rings. The Bertz CT molecular complexity index is 1040. The number of hydrogen-bond acceptors (Lipinski definition) is 6. The van der Waals surface area contributed by atoms with E-state index in [-0.39, 0.29) is 10.5 Å². The summed E-state index contributed by atoms with van der Waals surface area (Å²) in [5, 5.41) is 0.573. The maximum atomic E-state index is 12.2. The Hall–Kier alpha value is -2.45. The lowest BCUT2D eigenvalue weighted by atomic mass is 10.1. The highest BCUT2D eigenvalue weighted by atomic mass is 32.2. The quantitative estimate of drug-likeness (QED) is 0.669. The third kappa shape index (κ3) is 3.80. The maximum absolute atomic E-state index is 12.2. The summed E-state index contributed by atoms with van der Waals surface area (Å²) in [6.45, 7) is 2.07. The molecule has 0 atom stereocenters. The monoisotopic (exact) mass is 375 g/mol. The van der Waals surface area contributed by atoms with Crippen molar-refractivity contribution in [2.75, 3.05) is 11.7 Å². The van der Waals surface area contributed by atoms with Crippen LogP contribution in [0.15, 0.2) is 47.4 Å². The first kappa shape index (κ1) is 17.4. The zero-order valence-corrected chi connectivity index (χ0v) is 15.4. The smallest absolute Gasteiger partial charge is 0.269 e. The van der Waals surface area contributed by atoms with Gasteiger partial charge in [0, 0.05) is 11.8 Å². The largest absolute Gasteiger partial charge is 0.273 e.